The Labute approximate surface area is 120 Å². The lowest BCUT2D eigenvalue weighted by molar-refractivity contribution is -0.126. The number of carbonyl (C=O) groups excluding carboxylic acids is 2. The van der Waals surface area contributed by atoms with E-state index in [0.717, 1.165) is 6.54 Å². The Morgan fingerprint density at radius 1 is 1.35 bits per heavy atom. The predicted molar refractivity (Wildman–Crippen MR) is 77.1 cm³/mol. The highest BCUT2D eigenvalue weighted by Gasteiger charge is 2.26. The fourth-order valence-corrected chi connectivity index (χ4v) is 2.21. The average Bonchev–Trinajstić information content (AvgIpc) is 2.52. The lowest BCUT2D eigenvalue weighted by Crippen LogP contribution is -2.42. The molecule has 0 unspecified atom stereocenters. The molecule has 6 heteroatoms. The number of rotatable bonds is 4. The molecule has 0 aromatic rings. The van der Waals surface area contributed by atoms with Gasteiger partial charge in [-0.25, -0.2) is 0 Å². The third kappa shape index (κ3) is 5.71. The van der Waals surface area contributed by atoms with Crippen molar-refractivity contribution >= 4 is 11.8 Å². The zero-order valence-electron chi connectivity index (χ0n) is 12.5. The van der Waals surface area contributed by atoms with Gasteiger partial charge in [-0.1, -0.05) is 6.08 Å². The first-order chi connectivity index (χ1) is 9.40. The Morgan fingerprint density at radius 3 is 2.60 bits per heavy atom. The van der Waals surface area contributed by atoms with Crippen LogP contribution in [0.25, 0.3) is 0 Å². The van der Waals surface area contributed by atoms with Gasteiger partial charge in [0.05, 0.1) is 12.1 Å². The minimum atomic E-state index is -0.595. The van der Waals surface area contributed by atoms with Gasteiger partial charge in [-0.15, -0.1) is 0 Å². The summed E-state index contributed by atoms with van der Waals surface area (Å²) in [4.78, 5) is 26.8. The van der Waals surface area contributed by atoms with Crippen LogP contribution in [0.15, 0.2) is 12.2 Å². The minimum Gasteiger partial charge on any atom is -0.391 e. The lowest BCUT2D eigenvalue weighted by atomic mass is 10.1. The highest BCUT2D eigenvalue weighted by molar-refractivity contribution is 5.87. The molecule has 0 saturated carbocycles. The molecule has 0 aromatic heterocycles. The summed E-state index contributed by atoms with van der Waals surface area (Å²) in [5, 5.41) is 12.7. The number of nitrogens with zero attached hydrogens (tertiary/aromatic N) is 2. The Balaban J connectivity index is 2.52. The van der Waals surface area contributed by atoms with E-state index >= 15 is 0 Å². The maximum Gasteiger partial charge on any atom is 0.246 e. The number of carbonyl (C=O) groups is 2. The topological polar surface area (TPSA) is 72.9 Å². The number of amides is 2. The van der Waals surface area contributed by atoms with Crippen LogP contribution in [-0.4, -0.2) is 72.6 Å². The van der Waals surface area contributed by atoms with Crippen molar-refractivity contribution in [2.45, 2.75) is 31.9 Å². The molecule has 0 radical (unpaired) electrons. The van der Waals surface area contributed by atoms with Crippen LogP contribution in [0.5, 0.6) is 0 Å². The van der Waals surface area contributed by atoms with Crippen LogP contribution in [0.4, 0.5) is 0 Å². The third-order valence-electron chi connectivity index (χ3n) is 3.30. The minimum absolute atomic E-state index is 0.0393. The fourth-order valence-electron chi connectivity index (χ4n) is 2.21. The van der Waals surface area contributed by atoms with Crippen molar-refractivity contribution in [3.8, 4) is 0 Å². The monoisotopic (exact) mass is 283 g/mol. The maximum atomic E-state index is 12.0. The molecule has 1 saturated heterocycles. The van der Waals surface area contributed by atoms with E-state index in [1.807, 2.05) is 25.1 Å². The smallest absolute Gasteiger partial charge is 0.246 e. The fraction of sp³-hybridized carbons (Fsp3) is 0.714. The number of likely N-dealkylation sites (tertiary alicyclic amines) is 1. The van der Waals surface area contributed by atoms with Crippen molar-refractivity contribution in [1.29, 1.82) is 0 Å². The zero-order valence-corrected chi connectivity index (χ0v) is 12.5. The Kier molecular flexibility index (Phi) is 6.67. The van der Waals surface area contributed by atoms with Crippen molar-refractivity contribution in [1.82, 2.24) is 15.1 Å². The normalized spacial score (nSPS) is 23.9. The van der Waals surface area contributed by atoms with Crippen LogP contribution < -0.4 is 5.32 Å². The Bertz CT molecular complexity index is 369. The van der Waals surface area contributed by atoms with Crippen LogP contribution in [0, 0.1) is 0 Å². The second-order valence-electron chi connectivity index (χ2n) is 5.44. The average molecular weight is 283 g/mol. The molecule has 1 fully saturated rings. The zero-order chi connectivity index (χ0) is 15.1. The van der Waals surface area contributed by atoms with E-state index in [0.29, 0.717) is 25.9 Å². The van der Waals surface area contributed by atoms with Crippen molar-refractivity contribution in [2.24, 2.45) is 0 Å². The molecule has 0 bridgehead atoms. The number of aliphatic hydroxyl groups is 1. The van der Waals surface area contributed by atoms with E-state index < -0.39 is 6.10 Å². The maximum absolute atomic E-state index is 12.0. The molecule has 20 heavy (non-hydrogen) atoms. The largest absolute Gasteiger partial charge is 0.391 e. The highest BCUT2D eigenvalue weighted by atomic mass is 16.3. The van der Waals surface area contributed by atoms with E-state index in [1.165, 1.54) is 6.92 Å². The van der Waals surface area contributed by atoms with Gasteiger partial charge in [0.2, 0.25) is 11.8 Å². The summed E-state index contributed by atoms with van der Waals surface area (Å²) in [6.45, 7) is 3.22. The van der Waals surface area contributed by atoms with Gasteiger partial charge in [0.15, 0.2) is 0 Å². The van der Waals surface area contributed by atoms with E-state index in [1.54, 1.807) is 11.0 Å². The first-order valence-electron chi connectivity index (χ1n) is 6.95. The third-order valence-corrected chi connectivity index (χ3v) is 3.30. The van der Waals surface area contributed by atoms with E-state index in [4.69, 9.17) is 0 Å². The van der Waals surface area contributed by atoms with Crippen LogP contribution >= 0.6 is 0 Å². The number of hydrogen-bond acceptors (Lipinski definition) is 4. The van der Waals surface area contributed by atoms with E-state index in [9.17, 15) is 14.7 Å². The summed E-state index contributed by atoms with van der Waals surface area (Å²) in [5.41, 5.74) is 0. The van der Waals surface area contributed by atoms with Gasteiger partial charge in [-0.3, -0.25) is 9.59 Å². The number of nitrogens with one attached hydrogen (secondary N) is 1. The van der Waals surface area contributed by atoms with Crippen LogP contribution in [0.3, 0.4) is 0 Å². The summed E-state index contributed by atoms with van der Waals surface area (Å²) in [7, 11) is 3.88. The molecule has 2 atom stereocenters. The Hall–Kier alpha value is -1.40. The standard InChI is InChI=1S/C14H25N3O3/c1-11(18)15-12-6-9-17(10-7-13(12)19)14(20)5-4-8-16(2)3/h4-5,12-13,19H,6-10H2,1-3H3,(H,15,18)/t12-,13-/m0/s1. The first-order valence-corrected chi connectivity index (χ1v) is 6.95. The molecule has 1 rings (SSSR count). The molecule has 2 N–H and O–H groups in total. The van der Waals surface area contributed by atoms with E-state index in [2.05, 4.69) is 5.32 Å². The van der Waals surface area contributed by atoms with E-state index in [-0.39, 0.29) is 17.9 Å². The molecule has 0 aliphatic carbocycles. The number of aliphatic hydroxyl groups excluding tert-OH is 1. The van der Waals surface area contributed by atoms with Crippen molar-refractivity contribution in [2.75, 3.05) is 33.7 Å². The molecule has 6 nitrogen and oxygen atoms in total. The second kappa shape index (κ2) is 8.01. The van der Waals surface area contributed by atoms with Gasteiger partial charge in [0.1, 0.15) is 0 Å². The first kappa shape index (κ1) is 16.7. The van der Waals surface area contributed by atoms with Gasteiger partial charge < -0.3 is 20.2 Å². The molecular weight excluding hydrogens is 258 g/mol. The summed E-state index contributed by atoms with van der Waals surface area (Å²) < 4.78 is 0. The van der Waals surface area contributed by atoms with Gasteiger partial charge in [0.25, 0.3) is 0 Å². The number of likely N-dealkylation sites (N-methyl/N-ethyl adjacent to an activating group) is 1. The number of hydrogen-bond donors (Lipinski definition) is 2. The lowest BCUT2D eigenvalue weighted by Gasteiger charge is -2.20. The van der Waals surface area contributed by atoms with Crippen molar-refractivity contribution < 1.29 is 14.7 Å². The molecular formula is C14H25N3O3. The van der Waals surface area contributed by atoms with Crippen molar-refractivity contribution in [3.63, 3.8) is 0 Å². The predicted octanol–water partition coefficient (Wildman–Crippen LogP) is -0.408. The summed E-state index contributed by atoms with van der Waals surface area (Å²) >= 11 is 0. The van der Waals surface area contributed by atoms with Gasteiger partial charge >= 0.3 is 0 Å². The molecule has 1 aliphatic heterocycles. The molecule has 0 aromatic carbocycles. The van der Waals surface area contributed by atoms with Crippen LogP contribution in [0.1, 0.15) is 19.8 Å². The highest BCUT2D eigenvalue weighted by Crippen LogP contribution is 2.12. The molecule has 114 valence electrons. The molecule has 2 amide bonds. The Morgan fingerprint density at radius 2 is 2.00 bits per heavy atom. The van der Waals surface area contributed by atoms with Gasteiger partial charge in [-0.05, 0) is 26.9 Å². The summed E-state index contributed by atoms with van der Waals surface area (Å²) in [6, 6.07) is -0.268. The molecule has 1 aliphatic rings. The van der Waals surface area contributed by atoms with Crippen LogP contribution in [-0.2, 0) is 9.59 Å². The van der Waals surface area contributed by atoms with Gasteiger partial charge in [0, 0.05) is 32.6 Å². The summed E-state index contributed by atoms with van der Waals surface area (Å²) in [6.07, 6.45) is 3.87. The quantitative estimate of drug-likeness (QED) is 0.688. The van der Waals surface area contributed by atoms with Gasteiger partial charge in [-0.2, -0.15) is 0 Å². The summed E-state index contributed by atoms with van der Waals surface area (Å²) in [5.74, 6) is -0.192. The van der Waals surface area contributed by atoms with Crippen molar-refractivity contribution in [3.05, 3.63) is 12.2 Å². The second-order valence-corrected chi connectivity index (χ2v) is 5.44. The molecule has 1 heterocycles. The SMILES string of the molecule is CC(=O)N[C@H]1CCN(C(=O)C=CCN(C)C)CC[C@@H]1O. The van der Waals surface area contributed by atoms with Crippen LogP contribution in [0.2, 0.25) is 0 Å². The molecule has 0 spiro atoms.